The van der Waals surface area contributed by atoms with Crippen molar-refractivity contribution in [2.45, 2.75) is 6.54 Å². The first-order chi connectivity index (χ1) is 6.66. The van der Waals surface area contributed by atoms with Gasteiger partial charge in [0.25, 0.3) is 0 Å². The van der Waals surface area contributed by atoms with Gasteiger partial charge >= 0.3 is 0 Å². The Morgan fingerprint density at radius 2 is 2.14 bits per heavy atom. The number of hydrogen-bond acceptors (Lipinski definition) is 2. The highest BCUT2D eigenvalue weighted by molar-refractivity contribution is 9.10. The molecule has 0 fully saturated rings. The van der Waals surface area contributed by atoms with Gasteiger partial charge in [-0.1, -0.05) is 22.0 Å². The van der Waals surface area contributed by atoms with Crippen LogP contribution in [0.5, 0.6) is 0 Å². The van der Waals surface area contributed by atoms with E-state index in [-0.39, 0.29) is 0 Å². The van der Waals surface area contributed by atoms with E-state index in [4.69, 9.17) is 0 Å². The van der Waals surface area contributed by atoms with Crippen LogP contribution in [0.3, 0.4) is 0 Å². The zero-order valence-corrected chi connectivity index (χ0v) is 10.7. The van der Waals surface area contributed by atoms with Crippen LogP contribution in [0.25, 0.3) is 10.1 Å². The Morgan fingerprint density at radius 1 is 1.36 bits per heavy atom. The number of rotatable bonds is 2. The summed E-state index contributed by atoms with van der Waals surface area (Å²) in [5.74, 6) is 0. The molecule has 0 saturated carbocycles. The van der Waals surface area contributed by atoms with Gasteiger partial charge in [0, 0.05) is 15.7 Å². The number of halogens is 1. The van der Waals surface area contributed by atoms with E-state index in [1.807, 2.05) is 11.3 Å². The van der Waals surface area contributed by atoms with Gasteiger partial charge in [0.15, 0.2) is 0 Å². The first-order valence-corrected chi connectivity index (χ1v) is 6.14. The van der Waals surface area contributed by atoms with Crippen LogP contribution in [-0.2, 0) is 6.54 Å². The van der Waals surface area contributed by atoms with Crippen molar-refractivity contribution < 1.29 is 0 Å². The molecule has 1 aromatic carbocycles. The standard InChI is InChI=1S/C11H12BrNS/c1-13(2)6-8-7-14-11-5-9(12)3-4-10(8)11/h3-5,7H,6H2,1-2H3. The van der Waals surface area contributed by atoms with Crippen LogP contribution in [0.4, 0.5) is 0 Å². The monoisotopic (exact) mass is 269 g/mol. The average molecular weight is 270 g/mol. The second-order valence-corrected chi connectivity index (χ2v) is 5.47. The fourth-order valence-electron chi connectivity index (χ4n) is 1.52. The van der Waals surface area contributed by atoms with Crippen LogP contribution in [0.1, 0.15) is 5.56 Å². The Morgan fingerprint density at radius 3 is 2.86 bits per heavy atom. The molecule has 2 rings (SSSR count). The molecule has 1 nitrogen and oxygen atoms in total. The Bertz CT molecular complexity index is 447. The minimum Gasteiger partial charge on any atom is -0.305 e. The summed E-state index contributed by atoms with van der Waals surface area (Å²) in [6.45, 7) is 1.02. The summed E-state index contributed by atoms with van der Waals surface area (Å²) in [5, 5.41) is 3.63. The van der Waals surface area contributed by atoms with Crippen molar-refractivity contribution >= 4 is 37.4 Å². The molecule has 0 amide bonds. The van der Waals surface area contributed by atoms with Crippen LogP contribution in [0.15, 0.2) is 28.1 Å². The summed E-state index contributed by atoms with van der Waals surface area (Å²) in [6.07, 6.45) is 0. The molecule has 0 aliphatic carbocycles. The lowest BCUT2D eigenvalue weighted by Gasteiger charge is -2.07. The molecule has 0 atom stereocenters. The van der Waals surface area contributed by atoms with Crippen molar-refractivity contribution in [1.29, 1.82) is 0 Å². The molecule has 2 aromatic rings. The van der Waals surface area contributed by atoms with Crippen molar-refractivity contribution in [2.24, 2.45) is 0 Å². The van der Waals surface area contributed by atoms with Gasteiger partial charge in [-0.2, -0.15) is 0 Å². The number of nitrogens with zero attached hydrogens (tertiary/aromatic N) is 1. The number of hydrogen-bond donors (Lipinski definition) is 0. The minimum absolute atomic E-state index is 1.02. The number of fused-ring (bicyclic) bond motifs is 1. The molecule has 0 saturated heterocycles. The van der Waals surface area contributed by atoms with Gasteiger partial charge < -0.3 is 4.90 Å². The van der Waals surface area contributed by atoms with Crippen molar-refractivity contribution in [3.05, 3.63) is 33.6 Å². The van der Waals surface area contributed by atoms with Gasteiger partial charge in [0.2, 0.25) is 0 Å². The molecule has 1 aromatic heterocycles. The normalized spacial score (nSPS) is 11.4. The summed E-state index contributed by atoms with van der Waals surface area (Å²) in [4.78, 5) is 2.20. The molecule has 14 heavy (non-hydrogen) atoms. The van der Waals surface area contributed by atoms with Crippen LogP contribution in [-0.4, -0.2) is 19.0 Å². The van der Waals surface area contributed by atoms with E-state index in [1.165, 1.54) is 15.6 Å². The zero-order valence-electron chi connectivity index (χ0n) is 8.25. The summed E-state index contributed by atoms with van der Waals surface area (Å²) in [5.41, 5.74) is 1.42. The van der Waals surface area contributed by atoms with Crippen LogP contribution < -0.4 is 0 Å². The van der Waals surface area contributed by atoms with Crippen LogP contribution in [0.2, 0.25) is 0 Å². The molecule has 0 N–H and O–H groups in total. The van der Waals surface area contributed by atoms with Gasteiger partial charge in [0.05, 0.1) is 0 Å². The summed E-state index contributed by atoms with van der Waals surface area (Å²) in [6, 6.07) is 6.47. The highest BCUT2D eigenvalue weighted by Crippen LogP contribution is 2.29. The lowest BCUT2D eigenvalue weighted by atomic mass is 10.2. The molecule has 0 spiro atoms. The molecule has 1 heterocycles. The number of benzene rings is 1. The maximum atomic E-state index is 3.49. The Hall–Kier alpha value is -0.380. The van der Waals surface area contributed by atoms with E-state index in [1.54, 1.807) is 0 Å². The largest absolute Gasteiger partial charge is 0.305 e. The van der Waals surface area contributed by atoms with Gasteiger partial charge in [0.1, 0.15) is 0 Å². The summed E-state index contributed by atoms with van der Waals surface area (Å²) < 4.78 is 2.51. The van der Waals surface area contributed by atoms with Gasteiger partial charge in [-0.15, -0.1) is 11.3 Å². The Balaban J connectivity index is 2.47. The SMILES string of the molecule is CN(C)Cc1csc2cc(Br)ccc12. The Labute approximate surface area is 96.5 Å². The highest BCUT2D eigenvalue weighted by Gasteiger charge is 2.04. The maximum absolute atomic E-state index is 3.49. The lowest BCUT2D eigenvalue weighted by molar-refractivity contribution is 0.404. The van der Waals surface area contributed by atoms with E-state index in [2.05, 4.69) is 58.5 Å². The fourth-order valence-corrected chi connectivity index (χ4v) is 3.02. The average Bonchev–Trinajstić information content (AvgIpc) is 2.47. The van der Waals surface area contributed by atoms with E-state index in [0.717, 1.165) is 11.0 Å². The van der Waals surface area contributed by atoms with Gasteiger partial charge in [-0.25, -0.2) is 0 Å². The van der Waals surface area contributed by atoms with E-state index < -0.39 is 0 Å². The molecule has 0 aliphatic rings. The highest BCUT2D eigenvalue weighted by atomic mass is 79.9. The molecular weight excluding hydrogens is 258 g/mol. The van der Waals surface area contributed by atoms with E-state index >= 15 is 0 Å². The van der Waals surface area contributed by atoms with Crippen LogP contribution in [0, 0.1) is 0 Å². The molecule has 0 bridgehead atoms. The van der Waals surface area contributed by atoms with E-state index in [0.29, 0.717) is 0 Å². The lowest BCUT2D eigenvalue weighted by Crippen LogP contribution is -2.09. The Kier molecular flexibility index (Phi) is 2.91. The van der Waals surface area contributed by atoms with Crippen molar-refractivity contribution in [3.8, 4) is 0 Å². The second-order valence-electron chi connectivity index (χ2n) is 3.64. The van der Waals surface area contributed by atoms with Crippen molar-refractivity contribution in [3.63, 3.8) is 0 Å². The molecule has 0 unspecified atom stereocenters. The predicted molar refractivity (Wildman–Crippen MR) is 66.9 cm³/mol. The van der Waals surface area contributed by atoms with Gasteiger partial charge in [-0.3, -0.25) is 0 Å². The molecular formula is C11H12BrNS. The van der Waals surface area contributed by atoms with Crippen molar-refractivity contribution in [2.75, 3.05) is 14.1 Å². The number of thiophene rings is 1. The third-order valence-electron chi connectivity index (χ3n) is 2.10. The topological polar surface area (TPSA) is 3.24 Å². The first-order valence-electron chi connectivity index (χ1n) is 4.47. The molecule has 74 valence electrons. The predicted octanol–water partition coefficient (Wildman–Crippen LogP) is 3.73. The smallest absolute Gasteiger partial charge is 0.0357 e. The molecule has 0 aliphatic heterocycles. The molecule has 0 radical (unpaired) electrons. The van der Waals surface area contributed by atoms with Crippen LogP contribution >= 0.6 is 27.3 Å². The first kappa shape index (κ1) is 10.1. The third-order valence-corrected chi connectivity index (χ3v) is 3.59. The van der Waals surface area contributed by atoms with Gasteiger partial charge in [-0.05, 0) is 42.6 Å². The molecule has 3 heteroatoms. The minimum atomic E-state index is 1.02. The van der Waals surface area contributed by atoms with Crippen molar-refractivity contribution in [1.82, 2.24) is 4.90 Å². The van der Waals surface area contributed by atoms with E-state index in [9.17, 15) is 0 Å². The quantitative estimate of drug-likeness (QED) is 0.803. The fraction of sp³-hybridized carbons (Fsp3) is 0.273. The maximum Gasteiger partial charge on any atom is 0.0357 e. The summed E-state index contributed by atoms with van der Waals surface area (Å²) >= 11 is 5.30. The third kappa shape index (κ3) is 2.00. The zero-order chi connectivity index (χ0) is 10.1. The summed E-state index contributed by atoms with van der Waals surface area (Å²) in [7, 11) is 4.20. The second kappa shape index (κ2) is 4.01.